The molecule has 3 rings (SSSR count). The number of benzene rings is 2. The lowest BCUT2D eigenvalue weighted by atomic mass is 10.1. The Labute approximate surface area is 170 Å². The normalized spacial score (nSPS) is 14.0. The van der Waals surface area contributed by atoms with E-state index < -0.39 is 12.1 Å². The standard InChI is InChI=1S/C23H25NO5/c1-2-28-19-12-8-16(9-13-19)20(25)14-15-21(26)29-22(17-6-4-3-5-7-17)23(27)24-18-10-11-18/h3-9,12-13,18,22H,2,10-11,14-15H2,1H3,(H,24,27)/t22-/m0/s1. The molecule has 0 aromatic heterocycles. The van der Waals surface area contributed by atoms with E-state index in [0.717, 1.165) is 12.8 Å². The maximum Gasteiger partial charge on any atom is 0.307 e. The predicted octanol–water partition coefficient (Wildman–Crippen LogP) is 3.61. The van der Waals surface area contributed by atoms with E-state index in [1.165, 1.54) is 0 Å². The van der Waals surface area contributed by atoms with Gasteiger partial charge in [-0.2, -0.15) is 0 Å². The third-order valence-electron chi connectivity index (χ3n) is 4.56. The van der Waals surface area contributed by atoms with Crippen LogP contribution in [0.2, 0.25) is 0 Å². The molecule has 0 radical (unpaired) electrons. The van der Waals surface area contributed by atoms with Crippen LogP contribution in [-0.4, -0.2) is 30.3 Å². The molecule has 0 heterocycles. The first-order chi connectivity index (χ1) is 14.1. The van der Waals surface area contributed by atoms with Gasteiger partial charge in [0, 0.05) is 23.6 Å². The van der Waals surface area contributed by atoms with Crippen LogP contribution in [0.4, 0.5) is 0 Å². The summed E-state index contributed by atoms with van der Waals surface area (Å²) < 4.78 is 10.8. The molecule has 0 unspecified atom stereocenters. The van der Waals surface area contributed by atoms with Gasteiger partial charge in [-0.05, 0) is 44.0 Å². The van der Waals surface area contributed by atoms with Gasteiger partial charge in [-0.1, -0.05) is 30.3 Å². The molecule has 2 aromatic rings. The second kappa shape index (κ2) is 9.87. The zero-order chi connectivity index (χ0) is 20.6. The number of ketones is 1. The number of nitrogens with one attached hydrogen (secondary N) is 1. The van der Waals surface area contributed by atoms with Crippen LogP contribution in [-0.2, 0) is 14.3 Å². The number of Topliss-reactive ketones (excluding diaryl/α,β-unsaturated/α-hetero) is 1. The van der Waals surface area contributed by atoms with E-state index >= 15 is 0 Å². The maximum absolute atomic E-state index is 12.5. The molecule has 0 saturated heterocycles. The van der Waals surface area contributed by atoms with Crippen molar-refractivity contribution in [2.45, 2.75) is 44.8 Å². The molecule has 1 amide bonds. The Bertz CT molecular complexity index is 843. The summed E-state index contributed by atoms with van der Waals surface area (Å²) in [5, 5.41) is 2.87. The van der Waals surface area contributed by atoms with Crippen LogP contribution in [0, 0.1) is 0 Å². The summed E-state index contributed by atoms with van der Waals surface area (Å²) in [7, 11) is 0. The lowest BCUT2D eigenvalue weighted by Gasteiger charge is -2.18. The number of ether oxygens (including phenoxy) is 2. The van der Waals surface area contributed by atoms with Gasteiger partial charge >= 0.3 is 5.97 Å². The molecular weight excluding hydrogens is 370 g/mol. The van der Waals surface area contributed by atoms with Crippen molar-refractivity contribution in [1.29, 1.82) is 0 Å². The molecule has 6 heteroatoms. The average Bonchev–Trinajstić information content (AvgIpc) is 3.55. The lowest BCUT2D eigenvalue weighted by molar-refractivity contribution is -0.156. The van der Waals surface area contributed by atoms with Gasteiger partial charge in [0.2, 0.25) is 6.10 Å². The quantitative estimate of drug-likeness (QED) is 0.491. The summed E-state index contributed by atoms with van der Waals surface area (Å²) in [5.41, 5.74) is 1.11. The van der Waals surface area contributed by atoms with Crippen molar-refractivity contribution in [3.05, 3.63) is 65.7 Å². The third kappa shape index (κ3) is 6.17. The molecular formula is C23H25NO5. The summed E-state index contributed by atoms with van der Waals surface area (Å²) >= 11 is 0. The molecule has 1 fully saturated rings. The summed E-state index contributed by atoms with van der Waals surface area (Å²) in [5.74, 6) is -0.381. The second-order valence-electron chi connectivity index (χ2n) is 6.94. The van der Waals surface area contributed by atoms with Crippen LogP contribution < -0.4 is 10.1 Å². The Morgan fingerprint density at radius 1 is 1.00 bits per heavy atom. The van der Waals surface area contributed by atoms with Gasteiger partial charge < -0.3 is 14.8 Å². The maximum atomic E-state index is 12.5. The number of carbonyl (C=O) groups is 3. The zero-order valence-corrected chi connectivity index (χ0v) is 16.4. The third-order valence-corrected chi connectivity index (χ3v) is 4.56. The molecule has 1 aliphatic rings. The predicted molar refractivity (Wildman–Crippen MR) is 108 cm³/mol. The average molecular weight is 395 g/mol. The molecule has 29 heavy (non-hydrogen) atoms. The minimum atomic E-state index is -1.01. The summed E-state index contributed by atoms with van der Waals surface area (Å²) in [6, 6.07) is 15.9. The first-order valence-electron chi connectivity index (χ1n) is 9.87. The highest BCUT2D eigenvalue weighted by Gasteiger charge is 2.30. The van der Waals surface area contributed by atoms with E-state index in [1.54, 1.807) is 48.5 Å². The lowest BCUT2D eigenvalue weighted by Crippen LogP contribution is -2.33. The second-order valence-corrected chi connectivity index (χ2v) is 6.94. The molecule has 0 bridgehead atoms. The van der Waals surface area contributed by atoms with E-state index in [-0.39, 0.29) is 30.6 Å². The van der Waals surface area contributed by atoms with E-state index in [0.29, 0.717) is 23.5 Å². The fourth-order valence-corrected chi connectivity index (χ4v) is 2.86. The fraction of sp³-hybridized carbons (Fsp3) is 0.348. The van der Waals surface area contributed by atoms with Gasteiger partial charge in [-0.25, -0.2) is 0 Å². The Kier molecular flexibility index (Phi) is 7.00. The summed E-state index contributed by atoms with van der Waals surface area (Å²) in [6.07, 6.45) is 0.796. The first kappa shape index (κ1) is 20.6. The van der Waals surface area contributed by atoms with E-state index in [1.807, 2.05) is 13.0 Å². The fourth-order valence-electron chi connectivity index (χ4n) is 2.86. The topological polar surface area (TPSA) is 81.7 Å². The molecule has 2 aromatic carbocycles. The van der Waals surface area contributed by atoms with Crippen LogP contribution in [0.1, 0.15) is 54.6 Å². The van der Waals surface area contributed by atoms with Crippen molar-refractivity contribution in [1.82, 2.24) is 5.32 Å². The van der Waals surface area contributed by atoms with Gasteiger partial charge in [-0.3, -0.25) is 14.4 Å². The van der Waals surface area contributed by atoms with Gasteiger partial charge in [0.15, 0.2) is 5.78 Å². The Hall–Kier alpha value is -3.15. The van der Waals surface area contributed by atoms with E-state index in [4.69, 9.17) is 9.47 Å². The monoisotopic (exact) mass is 395 g/mol. The van der Waals surface area contributed by atoms with Gasteiger partial charge in [0.25, 0.3) is 5.91 Å². The first-order valence-corrected chi connectivity index (χ1v) is 9.87. The van der Waals surface area contributed by atoms with E-state index in [2.05, 4.69) is 5.32 Å². The Morgan fingerprint density at radius 2 is 1.69 bits per heavy atom. The smallest absolute Gasteiger partial charge is 0.307 e. The molecule has 0 aliphatic heterocycles. The van der Waals surface area contributed by atoms with Crippen LogP contribution in [0.25, 0.3) is 0 Å². The van der Waals surface area contributed by atoms with Crippen molar-refractivity contribution in [3.8, 4) is 5.75 Å². The number of hydrogen-bond donors (Lipinski definition) is 1. The zero-order valence-electron chi connectivity index (χ0n) is 16.4. The van der Waals surface area contributed by atoms with Crippen LogP contribution in [0.5, 0.6) is 5.75 Å². The molecule has 1 N–H and O–H groups in total. The highest BCUT2D eigenvalue weighted by Crippen LogP contribution is 2.24. The molecule has 1 aliphatic carbocycles. The van der Waals surface area contributed by atoms with Crippen molar-refractivity contribution in [3.63, 3.8) is 0 Å². The summed E-state index contributed by atoms with van der Waals surface area (Å²) in [6.45, 7) is 2.44. The van der Waals surface area contributed by atoms with Gasteiger partial charge in [0.1, 0.15) is 5.75 Å². The van der Waals surface area contributed by atoms with Gasteiger partial charge in [-0.15, -0.1) is 0 Å². The number of esters is 1. The molecule has 6 nitrogen and oxygen atoms in total. The minimum Gasteiger partial charge on any atom is -0.494 e. The SMILES string of the molecule is CCOc1ccc(C(=O)CCC(=O)O[C@H](C(=O)NC2CC2)c2ccccc2)cc1. The number of amides is 1. The van der Waals surface area contributed by atoms with Gasteiger partial charge in [0.05, 0.1) is 13.0 Å². The number of rotatable bonds is 10. The molecule has 1 saturated carbocycles. The molecule has 1 atom stereocenters. The molecule has 152 valence electrons. The van der Waals surface area contributed by atoms with Crippen molar-refractivity contribution in [2.24, 2.45) is 0 Å². The number of carbonyl (C=O) groups excluding carboxylic acids is 3. The highest BCUT2D eigenvalue weighted by atomic mass is 16.5. The number of hydrogen-bond acceptors (Lipinski definition) is 5. The van der Waals surface area contributed by atoms with Crippen molar-refractivity contribution < 1.29 is 23.9 Å². The Morgan fingerprint density at radius 3 is 2.31 bits per heavy atom. The molecule has 0 spiro atoms. The van der Waals surface area contributed by atoms with Crippen LogP contribution >= 0.6 is 0 Å². The summed E-state index contributed by atoms with van der Waals surface area (Å²) in [4.78, 5) is 37.2. The highest BCUT2D eigenvalue weighted by molar-refractivity contribution is 5.97. The van der Waals surface area contributed by atoms with Crippen molar-refractivity contribution in [2.75, 3.05) is 6.61 Å². The van der Waals surface area contributed by atoms with Crippen molar-refractivity contribution >= 4 is 17.7 Å². The minimum absolute atomic E-state index is 0.0125. The van der Waals surface area contributed by atoms with E-state index in [9.17, 15) is 14.4 Å². The Balaban J connectivity index is 1.56. The van der Waals surface area contributed by atoms with Crippen LogP contribution in [0.15, 0.2) is 54.6 Å². The largest absolute Gasteiger partial charge is 0.494 e. The van der Waals surface area contributed by atoms with Crippen LogP contribution in [0.3, 0.4) is 0 Å².